The fraction of sp³-hybridized carbons (Fsp3) is 0.536. The molecule has 0 radical (unpaired) electrons. The molecule has 5 rings (SSSR count). The molecule has 170 valence electrons. The molecule has 1 spiro atoms. The van der Waals surface area contributed by atoms with Gasteiger partial charge in [-0.25, -0.2) is 4.79 Å². The fourth-order valence-corrected chi connectivity index (χ4v) is 6.31. The molecule has 0 bridgehead atoms. The van der Waals surface area contributed by atoms with E-state index >= 15 is 0 Å². The fourth-order valence-electron chi connectivity index (χ4n) is 6.31. The van der Waals surface area contributed by atoms with Gasteiger partial charge in [-0.3, -0.25) is 4.90 Å². The summed E-state index contributed by atoms with van der Waals surface area (Å²) in [5.74, 6) is 0.696. The third kappa shape index (κ3) is 3.73. The quantitative estimate of drug-likeness (QED) is 0.604. The van der Waals surface area contributed by atoms with E-state index in [2.05, 4.69) is 83.4 Å². The highest BCUT2D eigenvalue weighted by Gasteiger charge is 2.54. The summed E-state index contributed by atoms with van der Waals surface area (Å²) in [5.41, 5.74) is 2.68. The summed E-state index contributed by atoms with van der Waals surface area (Å²) < 4.78 is 0. The second kappa shape index (κ2) is 8.55. The van der Waals surface area contributed by atoms with Crippen molar-refractivity contribution in [1.29, 1.82) is 0 Å². The Morgan fingerprint density at radius 3 is 2.09 bits per heavy atom. The molecule has 0 atom stereocenters. The molecule has 3 fully saturated rings. The first kappa shape index (κ1) is 21.5. The van der Waals surface area contributed by atoms with Crippen LogP contribution in [-0.4, -0.2) is 53.5 Å². The maximum atomic E-state index is 13.7. The van der Waals surface area contributed by atoms with Crippen LogP contribution in [-0.2, 0) is 12.1 Å². The summed E-state index contributed by atoms with van der Waals surface area (Å²) >= 11 is 0. The highest BCUT2D eigenvalue weighted by atomic mass is 16.2. The standard InChI is InChI=1S/C28H37N3O/c1-29(2)28(25-14-7-4-8-15-25)18-16-27(17-19-28)22-30(20-23-10-5-3-6-11-23)26(32)31(27)21-24-12-9-13-24/h3-8,10-11,14-15,24H,9,12-13,16-22H2,1-2H3/t27-,28-. The molecule has 1 aliphatic heterocycles. The van der Waals surface area contributed by atoms with Gasteiger partial charge in [-0.1, -0.05) is 67.1 Å². The van der Waals surface area contributed by atoms with E-state index in [1.165, 1.54) is 30.4 Å². The molecule has 0 aromatic heterocycles. The molecule has 2 aromatic rings. The molecular formula is C28H37N3O. The van der Waals surface area contributed by atoms with Gasteiger partial charge in [-0.05, 0) is 69.7 Å². The molecule has 0 unspecified atom stereocenters. The maximum Gasteiger partial charge on any atom is 0.320 e. The lowest BCUT2D eigenvalue weighted by Crippen LogP contribution is -2.56. The number of urea groups is 1. The van der Waals surface area contributed by atoms with Crippen molar-refractivity contribution in [2.45, 2.75) is 62.6 Å². The Balaban J connectivity index is 1.40. The van der Waals surface area contributed by atoms with Gasteiger partial charge in [0.05, 0.1) is 5.54 Å². The van der Waals surface area contributed by atoms with Crippen molar-refractivity contribution in [1.82, 2.24) is 14.7 Å². The molecule has 0 N–H and O–H groups in total. The number of amides is 2. The van der Waals surface area contributed by atoms with Crippen LogP contribution in [0.25, 0.3) is 0 Å². The average Bonchev–Trinajstić information content (AvgIpc) is 3.03. The number of hydrogen-bond donors (Lipinski definition) is 0. The number of carbonyl (C=O) groups is 1. The van der Waals surface area contributed by atoms with E-state index in [4.69, 9.17) is 0 Å². The highest BCUT2D eigenvalue weighted by Crippen LogP contribution is 2.49. The summed E-state index contributed by atoms with van der Waals surface area (Å²) in [4.78, 5) is 20.5. The summed E-state index contributed by atoms with van der Waals surface area (Å²) in [5, 5.41) is 0. The molecule has 32 heavy (non-hydrogen) atoms. The molecule has 2 amide bonds. The second-order valence-electron chi connectivity index (χ2n) is 10.5. The normalized spacial score (nSPS) is 28.5. The Morgan fingerprint density at radius 1 is 0.906 bits per heavy atom. The molecule has 4 heteroatoms. The van der Waals surface area contributed by atoms with Gasteiger partial charge >= 0.3 is 6.03 Å². The number of benzene rings is 2. The lowest BCUT2D eigenvalue weighted by molar-refractivity contribution is 0.0159. The van der Waals surface area contributed by atoms with Crippen molar-refractivity contribution in [3.05, 3.63) is 71.8 Å². The molecule has 2 aromatic carbocycles. The van der Waals surface area contributed by atoms with Crippen molar-refractivity contribution in [2.24, 2.45) is 5.92 Å². The van der Waals surface area contributed by atoms with Crippen LogP contribution in [0.2, 0.25) is 0 Å². The molecule has 1 heterocycles. The zero-order chi connectivity index (χ0) is 22.2. The Morgan fingerprint density at radius 2 is 1.53 bits per heavy atom. The van der Waals surface area contributed by atoms with Gasteiger partial charge in [-0.2, -0.15) is 0 Å². The van der Waals surface area contributed by atoms with E-state index in [1.807, 2.05) is 6.07 Å². The Kier molecular flexibility index (Phi) is 5.75. The van der Waals surface area contributed by atoms with Crippen molar-refractivity contribution >= 4 is 6.03 Å². The van der Waals surface area contributed by atoms with Crippen molar-refractivity contribution < 1.29 is 4.79 Å². The predicted octanol–water partition coefficient (Wildman–Crippen LogP) is 5.49. The van der Waals surface area contributed by atoms with Gasteiger partial charge in [0, 0.05) is 25.2 Å². The SMILES string of the molecule is CN(C)[C@]1(c2ccccc2)CC[C@@]2(CC1)CN(Cc1ccccc1)C(=O)N2CC1CCC1. The topological polar surface area (TPSA) is 26.8 Å². The van der Waals surface area contributed by atoms with Crippen LogP contribution in [0.5, 0.6) is 0 Å². The van der Waals surface area contributed by atoms with E-state index in [1.54, 1.807) is 0 Å². The Labute approximate surface area is 193 Å². The number of carbonyl (C=O) groups excluding carboxylic acids is 1. The first-order valence-electron chi connectivity index (χ1n) is 12.4. The largest absolute Gasteiger partial charge is 0.320 e. The summed E-state index contributed by atoms with van der Waals surface area (Å²) in [6, 6.07) is 21.7. The maximum absolute atomic E-state index is 13.7. The summed E-state index contributed by atoms with van der Waals surface area (Å²) in [7, 11) is 4.44. The monoisotopic (exact) mass is 431 g/mol. The zero-order valence-electron chi connectivity index (χ0n) is 19.7. The highest BCUT2D eigenvalue weighted by molar-refractivity contribution is 5.78. The minimum atomic E-state index is -0.0181. The van der Waals surface area contributed by atoms with E-state index in [0.29, 0.717) is 5.92 Å². The predicted molar refractivity (Wildman–Crippen MR) is 129 cm³/mol. The molecule has 3 aliphatic rings. The molecule has 2 saturated carbocycles. The van der Waals surface area contributed by atoms with Gasteiger partial charge in [0.2, 0.25) is 0 Å². The van der Waals surface area contributed by atoms with Crippen molar-refractivity contribution in [2.75, 3.05) is 27.2 Å². The minimum Gasteiger partial charge on any atom is -0.318 e. The van der Waals surface area contributed by atoms with E-state index in [0.717, 1.165) is 45.3 Å². The Hall–Kier alpha value is -2.33. The van der Waals surface area contributed by atoms with E-state index in [9.17, 15) is 4.79 Å². The second-order valence-corrected chi connectivity index (χ2v) is 10.5. The molecular weight excluding hydrogens is 394 g/mol. The van der Waals surface area contributed by atoms with E-state index in [-0.39, 0.29) is 17.1 Å². The number of rotatable bonds is 6. The number of hydrogen-bond acceptors (Lipinski definition) is 2. The van der Waals surface area contributed by atoms with E-state index < -0.39 is 0 Å². The van der Waals surface area contributed by atoms with Crippen molar-refractivity contribution in [3.63, 3.8) is 0 Å². The van der Waals surface area contributed by atoms with Crippen LogP contribution in [0.1, 0.15) is 56.1 Å². The van der Waals surface area contributed by atoms with Gasteiger partial charge in [0.1, 0.15) is 0 Å². The van der Waals surface area contributed by atoms with Crippen molar-refractivity contribution in [3.8, 4) is 0 Å². The van der Waals surface area contributed by atoms with Gasteiger partial charge in [0.15, 0.2) is 0 Å². The van der Waals surface area contributed by atoms with Gasteiger partial charge in [0.25, 0.3) is 0 Å². The van der Waals surface area contributed by atoms with Crippen LogP contribution < -0.4 is 0 Å². The molecule has 2 aliphatic carbocycles. The third-order valence-corrected chi connectivity index (χ3v) is 8.62. The zero-order valence-corrected chi connectivity index (χ0v) is 19.7. The molecule has 1 saturated heterocycles. The first-order valence-corrected chi connectivity index (χ1v) is 12.4. The number of nitrogens with zero attached hydrogens (tertiary/aromatic N) is 3. The minimum absolute atomic E-state index is 0.0181. The average molecular weight is 432 g/mol. The third-order valence-electron chi connectivity index (χ3n) is 8.62. The molecule has 4 nitrogen and oxygen atoms in total. The Bertz CT molecular complexity index is 914. The van der Waals surface area contributed by atoms with Crippen LogP contribution in [0, 0.1) is 5.92 Å². The van der Waals surface area contributed by atoms with Crippen LogP contribution in [0.4, 0.5) is 4.79 Å². The lowest BCUT2D eigenvalue weighted by Gasteiger charge is -2.51. The van der Waals surface area contributed by atoms with Gasteiger partial charge in [-0.15, -0.1) is 0 Å². The van der Waals surface area contributed by atoms with Gasteiger partial charge < -0.3 is 9.80 Å². The summed E-state index contributed by atoms with van der Waals surface area (Å²) in [6.07, 6.45) is 8.22. The van der Waals surface area contributed by atoms with Crippen LogP contribution in [0.3, 0.4) is 0 Å². The lowest BCUT2D eigenvalue weighted by atomic mass is 9.68. The van der Waals surface area contributed by atoms with Crippen LogP contribution in [0.15, 0.2) is 60.7 Å². The first-order chi connectivity index (χ1) is 15.5. The smallest absolute Gasteiger partial charge is 0.318 e. The van der Waals surface area contributed by atoms with Crippen LogP contribution >= 0.6 is 0 Å². The summed E-state index contributed by atoms with van der Waals surface area (Å²) in [6.45, 7) is 2.54.